The highest BCUT2D eigenvalue weighted by molar-refractivity contribution is 7.98. The third-order valence-electron chi connectivity index (χ3n) is 5.41. The zero-order valence-corrected chi connectivity index (χ0v) is 18.7. The van der Waals surface area contributed by atoms with E-state index in [2.05, 4.69) is 40.7 Å². The van der Waals surface area contributed by atoms with Crippen molar-refractivity contribution in [3.05, 3.63) is 94.5 Å². The molecule has 0 saturated carbocycles. The van der Waals surface area contributed by atoms with Gasteiger partial charge in [-0.25, -0.2) is 9.97 Å². The molecule has 33 heavy (non-hydrogen) atoms. The Morgan fingerprint density at radius 1 is 0.939 bits per heavy atom. The fourth-order valence-corrected chi connectivity index (χ4v) is 4.79. The number of para-hydroxylation sites is 3. The van der Waals surface area contributed by atoms with Gasteiger partial charge in [0.2, 0.25) is 5.91 Å². The largest absolute Gasteiger partial charge is 0.368 e. The van der Waals surface area contributed by atoms with Crippen LogP contribution in [0.1, 0.15) is 11.4 Å². The first-order valence-electron chi connectivity index (χ1n) is 10.5. The average molecular weight is 456 g/mol. The first-order valence-corrected chi connectivity index (χ1v) is 11.4. The standard InChI is InChI=1S/C25H21N5O2S/c1-16-10-12-17(13-11-16)30-21-9-5-4-8-20(21)28-25(30)33-15-23-27-19-7-3-2-6-18(19)24(32)29(23)14-22(26)31/h2-13H,14-15H2,1H3,(H2,26,31). The summed E-state index contributed by atoms with van der Waals surface area (Å²) in [6.45, 7) is 1.83. The summed E-state index contributed by atoms with van der Waals surface area (Å²) >= 11 is 1.46. The Labute approximate surface area is 193 Å². The number of benzene rings is 3. The highest BCUT2D eigenvalue weighted by Crippen LogP contribution is 2.30. The van der Waals surface area contributed by atoms with Crippen molar-refractivity contribution < 1.29 is 4.79 Å². The number of nitrogens with zero attached hydrogens (tertiary/aromatic N) is 4. The molecular weight excluding hydrogens is 434 g/mol. The number of primary amides is 1. The van der Waals surface area contributed by atoms with E-state index in [9.17, 15) is 9.59 Å². The number of fused-ring (bicyclic) bond motifs is 2. The Bertz CT molecular complexity index is 1550. The van der Waals surface area contributed by atoms with Gasteiger partial charge in [-0.3, -0.25) is 18.7 Å². The summed E-state index contributed by atoms with van der Waals surface area (Å²) in [4.78, 5) is 34.2. The van der Waals surface area contributed by atoms with Gasteiger partial charge in [0.25, 0.3) is 5.56 Å². The number of hydrogen-bond acceptors (Lipinski definition) is 5. The van der Waals surface area contributed by atoms with Crippen molar-refractivity contribution in [1.82, 2.24) is 19.1 Å². The fourth-order valence-electron chi connectivity index (χ4n) is 3.82. The van der Waals surface area contributed by atoms with Crippen LogP contribution in [0.15, 0.2) is 82.7 Å². The van der Waals surface area contributed by atoms with E-state index in [-0.39, 0.29) is 12.1 Å². The van der Waals surface area contributed by atoms with Gasteiger partial charge in [0.1, 0.15) is 12.4 Å². The number of aromatic nitrogens is 4. The maximum Gasteiger partial charge on any atom is 0.261 e. The summed E-state index contributed by atoms with van der Waals surface area (Å²) in [5.41, 5.74) is 9.78. The number of nitrogens with two attached hydrogens (primary N) is 1. The van der Waals surface area contributed by atoms with Crippen molar-refractivity contribution in [2.75, 3.05) is 0 Å². The minimum absolute atomic E-state index is 0.221. The molecule has 0 aliphatic heterocycles. The molecular formula is C25H21N5O2S. The maximum absolute atomic E-state index is 13.0. The number of aryl methyl sites for hydroxylation is 1. The molecule has 0 aliphatic rings. The number of rotatable bonds is 6. The fraction of sp³-hybridized carbons (Fsp3) is 0.120. The van der Waals surface area contributed by atoms with Crippen LogP contribution in [0.25, 0.3) is 27.6 Å². The lowest BCUT2D eigenvalue weighted by Gasteiger charge is -2.13. The third-order valence-corrected chi connectivity index (χ3v) is 6.34. The molecule has 5 rings (SSSR count). The first-order chi connectivity index (χ1) is 16.0. The van der Waals surface area contributed by atoms with E-state index < -0.39 is 5.91 Å². The number of imidazole rings is 1. The number of amides is 1. The minimum Gasteiger partial charge on any atom is -0.368 e. The molecule has 3 aromatic carbocycles. The van der Waals surface area contributed by atoms with Crippen LogP contribution in [0.4, 0.5) is 0 Å². The van der Waals surface area contributed by atoms with E-state index >= 15 is 0 Å². The average Bonchev–Trinajstić information content (AvgIpc) is 3.18. The maximum atomic E-state index is 13.0. The molecule has 0 unspecified atom stereocenters. The lowest BCUT2D eigenvalue weighted by Crippen LogP contribution is -2.31. The molecule has 2 N–H and O–H groups in total. The topological polar surface area (TPSA) is 95.8 Å². The van der Waals surface area contributed by atoms with Crippen molar-refractivity contribution in [3.8, 4) is 5.69 Å². The van der Waals surface area contributed by atoms with Gasteiger partial charge in [0.05, 0.1) is 27.7 Å². The molecule has 5 aromatic rings. The van der Waals surface area contributed by atoms with Gasteiger partial charge in [0.15, 0.2) is 5.16 Å². The molecule has 0 saturated heterocycles. The predicted octanol–water partition coefficient (Wildman–Crippen LogP) is 3.82. The van der Waals surface area contributed by atoms with Crippen LogP contribution < -0.4 is 11.3 Å². The van der Waals surface area contributed by atoms with Crippen LogP contribution in [0, 0.1) is 6.92 Å². The summed E-state index contributed by atoms with van der Waals surface area (Å²) in [7, 11) is 0. The van der Waals surface area contributed by atoms with E-state index in [1.807, 2.05) is 30.3 Å². The second kappa shape index (κ2) is 8.55. The van der Waals surface area contributed by atoms with E-state index in [1.54, 1.807) is 18.2 Å². The van der Waals surface area contributed by atoms with Crippen molar-refractivity contribution in [2.24, 2.45) is 5.73 Å². The van der Waals surface area contributed by atoms with Crippen LogP contribution in [0.5, 0.6) is 0 Å². The Morgan fingerprint density at radius 3 is 2.39 bits per heavy atom. The van der Waals surface area contributed by atoms with E-state index in [4.69, 9.17) is 10.7 Å². The predicted molar refractivity (Wildman–Crippen MR) is 131 cm³/mol. The Kier molecular flexibility index (Phi) is 5.43. The molecule has 0 spiro atoms. The molecule has 2 aromatic heterocycles. The van der Waals surface area contributed by atoms with E-state index in [0.717, 1.165) is 21.9 Å². The Morgan fingerprint density at radius 2 is 1.64 bits per heavy atom. The monoisotopic (exact) mass is 455 g/mol. The smallest absolute Gasteiger partial charge is 0.261 e. The van der Waals surface area contributed by atoms with Crippen LogP contribution in [-0.2, 0) is 17.1 Å². The third kappa shape index (κ3) is 4.01. The molecule has 7 nitrogen and oxygen atoms in total. The van der Waals surface area contributed by atoms with Crippen LogP contribution in [0.3, 0.4) is 0 Å². The van der Waals surface area contributed by atoms with Crippen LogP contribution >= 0.6 is 11.8 Å². The van der Waals surface area contributed by atoms with Crippen molar-refractivity contribution in [3.63, 3.8) is 0 Å². The molecule has 0 aliphatic carbocycles. The molecule has 0 bridgehead atoms. The quantitative estimate of drug-likeness (QED) is 0.393. The van der Waals surface area contributed by atoms with Gasteiger partial charge >= 0.3 is 0 Å². The van der Waals surface area contributed by atoms with Crippen molar-refractivity contribution in [2.45, 2.75) is 24.4 Å². The molecule has 164 valence electrons. The number of thioether (sulfide) groups is 1. The number of carbonyl (C=O) groups excluding carboxylic acids is 1. The van der Waals surface area contributed by atoms with Crippen molar-refractivity contribution in [1.29, 1.82) is 0 Å². The van der Waals surface area contributed by atoms with E-state index in [1.165, 1.54) is 21.9 Å². The summed E-state index contributed by atoms with van der Waals surface area (Å²) in [5, 5.41) is 1.23. The van der Waals surface area contributed by atoms with Crippen molar-refractivity contribution >= 4 is 39.6 Å². The molecule has 8 heteroatoms. The van der Waals surface area contributed by atoms with Crippen LogP contribution in [-0.4, -0.2) is 25.0 Å². The summed E-state index contributed by atoms with van der Waals surface area (Å²) in [6, 6.07) is 23.3. The molecule has 1 amide bonds. The second-order valence-electron chi connectivity index (χ2n) is 7.75. The van der Waals surface area contributed by atoms with Gasteiger partial charge in [-0.05, 0) is 43.3 Å². The van der Waals surface area contributed by atoms with Crippen LogP contribution in [0.2, 0.25) is 0 Å². The molecule has 0 radical (unpaired) electrons. The zero-order chi connectivity index (χ0) is 22.9. The lowest BCUT2D eigenvalue weighted by molar-refractivity contribution is -0.118. The highest BCUT2D eigenvalue weighted by atomic mass is 32.2. The molecule has 2 heterocycles. The highest BCUT2D eigenvalue weighted by Gasteiger charge is 2.17. The normalized spacial score (nSPS) is 11.3. The summed E-state index contributed by atoms with van der Waals surface area (Å²) in [6.07, 6.45) is 0. The van der Waals surface area contributed by atoms with Gasteiger partial charge in [-0.2, -0.15) is 0 Å². The van der Waals surface area contributed by atoms with Gasteiger partial charge in [-0.15, -0.1) is 0 Å². The van der Waals surface area contributed by atoms with E-state index in [0.29, 0.717) is 22.5 Å². The summed E-state index contributed by atoms with van der Waals surface area (Å²) < 4.78 is 3.45. The zero-order valence-electron chi connectivity index (χ0n) is 17.9. The Balaban J connectivity index is 1.59. The number of carbonyl (C=O) groups is 1. The number of hydrogen-bond donors (Lipinski definition) is 1. The lowest BCUT2D eigenvalue weighted by atomic mass is 10.2. The SMILES string of the molecule is Cc1ccc(-n2c(SCc3nc4ccccc4c(=O)n3CC(N)=O)nc3ccccc32)cc1. The first kappa shape index (κ1) is 21.0. The summed E-state index contributed by atoms with van der Waals surface area (Å²) in [5.74, 6) is 0.236. The molecule has 0 fully saturated rings. The van der Waals surface area contributed by atoms with Gasteiger partial charge in [-0.1, -0.05) is 53.7 Å². The minimum atomic E-state index is -0.590. The molecule has 0 atom stereocenters. The van der Waals surface area contributed by atoms with Gasteiger partial charge in [0, 0.05) is 5.69 Å². The second-order valence-corrected chi connectivity index (χ2v) is 8.69. The Hall–Kier alpha value is -3.91. The van der Waals surface area contributed by atoms with Gasteiger partial charge < -0.3 is 5.73 Å².